The fourth-order valence-corrected chi connectivity index (χ4v) is 0.627. The Hall–Kier alpha value is -0.260. The van der Waals surface area contributed by atoms with Gasteiger partial charge in [0.15, 0.2) is 0 Å². The van der Waals surface area contributed by atoms with E-state index in [1.54, 1.807) is 0 Å². The summed E-state index contributed by atoms with van der Waals surface area (Å²) in [6.45, 7) is 0. The van der Waals surface area contributed by atoms with E-state index in [2.05, 4.69) is 4.84 Å². The maximum atomic E-state index is 5.28. The Morgan fingerprint density at radius 1 is 1.11 bits per heavy atom. The minimum Gasteiger partial charge on any atom is -0.299 e. The van der Waals surface area contributed by atoms with Crippen LogP contribution >= 0.6 is 21.7 Å². The molecule has 0 heterocycles. The average molecular weight is 162 g/mol. The van der Waals surface area contributed by atoms with Gasteiger partial charge in [-0.05, 0) is 12.1 Å². The van der Waals surface area contributed by atoms with Gasteiger partial charge in [0.05, 0.1) is 0 Å². The first-order chi connectivity index (χ1) is 3.93. The molecule has 50 valence electrons. The van der Waals surface area contributed by atoms with Gasteiger partial charge >= 0.3 is 0 Å². The SMILES string of the molecule is ClNc1ccccc1.P. The number of hydrogen-bond donors (Lipinski definition) is 1. The van der Waals surface area contributed by atoms with Crippen LogP contribution in [-0.2, 0) is 0 Å². The largest absolute Gasteiger partial charge is 0.299 e. The molecule has 0 fully saturated rings. The summed E-state index contributed by atoms with van der Waals surface area (Å²) in [5.74, 6) is 0. The molecule has 0 saturated heterocycles. The predicted octanol–water partition coefficient (Wildman–Crippen LogP) is 2.31. The van der Waals surface area contributed by atoms with Gasteiger partial charge in [-0.1, -0.05) is 18.2 Å². The molecule has 1 rings (SSSR count). The summed E-state index contributed by atoms with van der Waals surface area (Å²) in [7, 11) is 0. The quantitative estimate of drug-likeness (QED) is 0.492. The lowest BCUT2D eigenvalue weighted by Gasteiger charge is -1.91. The molecule has 1 N–H and O–H groups in total. The minimum absolute atomic E-state index is 0. The minimum atomic E-state index is 0. The molecule has 1 aromatic carbocycles. The molecule has 1 atom stereocenters. The Kier molecular flexibility index (Phi) is 4.47. The molecule has 3 heteroatoms. The van der Waals surface area contributed by atoms with Gasteiger partial charge in [-0.3, -0.25) is 4.84 Å². The fraction of sp³-hybridized carbons (Fsp3) is 0. The molecule has 0 aliphatic carbocycles. The summed E-state index contributed by atoms with van der Waals surface area (Å²) >= 11 is 5.28. The maximum absolute atomic E-state index is 5.28. The Balaban J connectivity index is 0.000000640. The van der Waals surface area contributed by atoms with Crippen molar-refractivity contribution in [1.82, 2.24) is 0 Å². The monoisotopic (exact) mass is 161 g/mol. The number of para-hydroxylation sites is 1. The molecule has 0 radical (unpaired) electrons. The first kappa shape index (κ1) is 8.74. The van der Waals surface area contributed by atoms with E-state index in [0.717, 1.165) is 5.69 Å². The van der Waals surface area contributed by atoms with Crippen LogP contribution in [0.25, 0.3) is 0 Å². The van der Waals surface area contributed by atoms with Crippen molar-refractivity contribution in [3.8, 4) is 0 Å². The summed E-state index contributed by atoms with van der Waals surface area (Å²) in [5.41, 5.74) is 0.925. The normalized spacial score (nSPS) is 7.67. The van der Waals surface area contributed by atoms with Crippen molar-refractivity contribution in [1.29, 1.82) is 0 Å². The smallest absolute Gasteiger partial charge is 0.0491 e. The number of rotatable bonds is 1. The first-order valence-corrected chi connectivity index (χ1v) is 2.73. The predicted molar refractivity (Wildman–Crippen MR) is 47.0 cm³/mol. The molecule has 1 unspecified atom stereocenters. The Bertz CT molecular complexity index is 154. The molecule has 1 aromatic rings. The second-order valence-corrected chi connectivity index (χ2v) is 1.65. The molecule has 0 spiro atoms. The number of halogens is 1. The van der Waals surface area contributed by atoms with Crippen molar-refractivity contribution in [3.63, 3.8) is 0 Å². The van der Waals surface area contributed by atoms with Crippen molar-refractivity contribution in [2.45, 2.75) is 0 Å². The van der Waals surface area contributed by atoms with Crippen molar-refractivity contribution in [2.24, 2.45) is 0 Å². The molecule has 9 heavy (non-hydrogen) atoms. The van der Waals surface area contributed by atoms with E-state index in [0.29, 0.717) is 0 Å². The van der Waals surface area contributed by atoms with Crippen molar-refractivity contribution in [2.75, 3.05) is 4.84 Å². The molecular weight excluding hydrogens is 152 g/mol. The van der Waals surface area contributed by atoms with Gasteiger partial charge in [-0.25, -0.2) is 0 Å². The third-order valence-electron chi connectivity index (χ3n) is 0.883. The van der Waals surface area contributed by atoms with Crippen LogP contribution in [0.5, 0.6) is 0 Å². The molecule has 0 aliphatic heterocycles. The summed E-state index contributed by atoms with van der Waals surface area (Å²) in [6, 6.07) is 9.58. The van der Waals surface area contributed by atoms with Gasteiger partial charge in [-0.15, -0.1) is 0 Å². The van der Waals surface area contributed by atoms with Gasteiger partial charge < -0.3 is 0 Å². The highest BCUT2D eigenvalue weighted by Crippen LogP contribution is 2.04. The van der Waals surface area contributed by atoms with Crippen LogP contribution in [-0.4, -0.2) is 0 Å². The summed E-state index contributed by atoms with van der Waals surface area (Å²) in [6.07, 6.45) is 0. The molecule has 0 aromatic heterocycles. The van der Waals surface area contributed by atoms with Crippen molar-refractivity contribution in [3.05, 3.63) is 30.3 Å². The summed E-state index contributed by atoms with van der Waals surface area (Å²) in [5, 5.41) is 0. The molecule has 0 amide bonds. The zero-order valence-corrected chi connectivity index (χ0v) is 7.14. The van der Waals surface area contributed by atoms with Gasteiger partial charge in [0.25, 0.3) is 0 Å². The Labute approximate surface area is 63.1 Å². The Morgan fingerprint density at radius 2 is 1.67 bits per heavy atom. The summed E-state index contributed by atoms with van der Waals surface area (Å²) < 4.78 is 0. The zero-order valence-electron chi connectivity index (χ0n) is 4.97. The van der Waals surface area contributed by atoms with E-state index in [4.69, 9.17) is 11.8 Å². The molecular formula is C6H9ClNP. The fourth-order valence-electron chi connectivity index (χ4n) is 0.501. The summed E-state index contributed by atoms with van der Waals surface area (Å²) in [4.78, 5) is 2.50. The molecule has 0 aliphatic rings. The second-order valence-electron chi connectivity index (χ2n) is 1.46. The third kappa shape index (κ3) is 2.69. The van der Waals surface area contributed by atoms with E-state index in [9.17, 15) is 0 Å². The van der Waals surface area contributed by atoms with E-state index in [1.807, 2.05) is 30.3 Å². The van der Waals surface area contributed by atoms with E-state index in [-0.39, 0.29) is 9.90 Å². The molecule has 0 saturated carbocycles. The lowest BCUT2D eigenvalue weighted by molar-refractivity contribution is 1.68. The number of benzene rings is 1. The average Bonchev–Trinajstić information content (AvgIpc) is 1.90. The van der Waals surface area contributed by atoms with E-state index in [1.165, 1.54) is 0 Å². The second kappa shape index (κ2) is 4.60. The van der Waals surface area contributed by atoms with Crippen LogP contribution in [0.15, 0.2) is 30.3 Å². The highest BCUT2D eigenvalue weighted by Gasteiger charge is 1.79. The molecule has 1 nitrogen and oxygen atoms in total. The third-order valence-corrected chi connectivity index (χ3v) is 1.10. The van der Waals surface area contributed by atoms with Crippen LogP contribution in [0.1, 0.15) is 0 Å². The lowest BCUT2D eigenvalue weighted by atomic mass is 10.3. The first-order valence-electron chi connectivity index (χ1n) is 2.35. The van der Waals surface area contributed by atoms with Crippen LogP contribution in [0.2, 0.25) is 0 Å². The van der Waals surface area contributed by atoms with E-state index < -0.39 is 0 Å². The topological polar surface area (TPSA) is 12.0 Å². The van der Waals surface area contributed by atoms with Crippen molar-refractivity contribution >= 4 is 27.4 Å². The number of anilines is 1. The van der Waals surface area contributed by atoms with Crippen molar-refractivity contribution < 1.29 is 0 Å². The van der Waals surface area contributed by atoms with Crippen LogP contribution < -0.4 is 4.84 Å². The van der Waals surface area contributed by atoms with Crippen LogP contribution in [0.4, 0.5) is 5.69 Å². The number of nitrogens with one attached hydrogen (secondary N) is 1. The highest BCUT2D eigenvalue weighted by atomic mass is 35.5. The van der Waals surface area contributed by atoms with Gasteiger partial charge in [-0.2, -0.15) is 9.90 Å². The molecule has 0 bridgehead atoms. The maximum Gasteiger partial charge on any atom is 0.0491 e. The lowest BCUT2D eigenvalue weighted by Crippen LogP contribution is -1.75. The standard InChI is InChI=1S/C6H6ClN.H3P/c7-8-6-4-2-1-3-5-6;/h1-5,8H;1H3. The van der Waals surface area contributed by atoms with Gasteiger partial charge in [0, 0.05) is 17.5 Å². The Morgan fingerprint density at radius 3 is 2.00 bits per heavy atom. The number of hydrogen-bond acceptors (Lipinski definition) is 1. The highest BCUT2D eigenvalue weighted by molar-refractivity contribution is 6.92. The van der Waals surface area contributed by atoms with Gasteiger partial charge in [0.2, 0.25) is 0 Å². The zero-order chi connectivity index (χ0) is 5.82. The van der Waals surface area contributed by atoms with Crippen LogP contribution in [0, 0.1) is 0 Å². The van der Waals surface area contributed by atoms with E-state index >= 15 is 0 Å². The van der Waals surface area contributed by atoms with Gasteiger partial charge in [0.1, 0.15) is 0 Å². The van der Waals surface area contributed by atoms with Crippen LogP contribution in [0.3, 0.4) is 0 Å².